The number of aliphatic hydroxyl groups excluding tert-OH is 1. The summed E-state index contributed by atoms with van der Waals surface area (Å²) in [6.07, 6.45) is 2.21. The largest absolute Gasteiger partial charge is 0.483 e. The molecular weight excluding hydrogens is 310 g/mol. The maximum Gasteiger partial charge on any atom is 0.260 e. The predicted octanol–water partition coefficient (Wildman–Crippen LogP) is 2.33. The molecule has 2 rings (SSSR count). The molecule has 1 aliphatic rings. The smallest absolute Gasteiger partial charge is 0.260 e. The third-order valence-electron chi connectivity index (χ3n) is 3.18. The van der Waals surface area contributed by atoms with Gasteiger partial charge in [-0.1, -0.05) is 6.07 Å². The third-order valence-corrected chi connectivity index (χ3v) is 3.80. The number of rotatable bonds is 6. The lowest BCUT2D eigenvalue weighted by atomic mass is 10.2. The van der Waals surface area contributed by atoms with Crippen LogP contribution in [0.1, 0.15) is 25.3 Å². The molecule has 0 saturated heterocycles. The van der Waals surface area contributed by atoms with Crippen molar-refractivity contribution < 1.29 is 14.6 Å². The van der Waals surface area contributed by atoms with Crippen LogP contribution in [-0.4, -0.2) is 35.1 Å². The fourth-order valence-electron chi connectivity index (χ4n) is 2.01. The molecule has 0 bridgehead atoms. The standard InChI is InChI=1S/C14H18BrNO3/c1-2-16(11-4-5-11)14(18)9-19-13-6-3-10(8-17)7-12(13)15/h3,6-7,11,17H,2,4-5,8-9H2,1H3. The van der Waals surface area contributed by atoms with E-state index < -0.39 is 0 Å². The van der Waals surface area contributed by atoms with Gasteiger partial charge in [0.05, 0.1) is 11.1 Å². The molecule has 0 aromatic heterocycles. The molecule has 104 valence electrons. The Balaban J connectivity index is 1.92. The van der Waals surface area contributed by atoms with Crippen molar-refractivity contribution in [2.24, 2.45) is 0 Å². The number of carbonyl (C=O) groups excluding carboxylic acids is 1. The summed E-state index contributed by atoms with van der Waals surface area (Å²) in [5, 5.41) is 9.02. The first-order valence-electron chi connectivity index (χ1n) is 6.47. The van der Waals surface area contributed by atoms with Crippen molar-refractivity contribution in [2.75, 3.05) is 13.2 Å². The zero-order valence-corrected chi connectivity index (χ0v) is 12.5. The second kappa shape index (κ2) is 6.39. The highest BCUT2D eigenvalue weighted by Gasteiger charge is 2.31. The van der Waals surface area contributed by atoms with Crippen LogP contribution < -0.4 is 4.74 Å². The van der Waals surface area contributed by atoms with Crippen LogP contribution in [0.15, 0.2) is 22.7 Å². The first-order chi connectivity index (χ1) is 9.15. The van der Waals surface area contributed by atoms with Crippen LogP contribution in [0.5, 0.6) is 5.75 Å². The van der Waals surface area contributed by atoms with E-state index in [1.54, 1.807) is 18.2 Å². The average molecular weight is 328 g/mol. The number of amides is 1. The highest BCUT2D eigenvalue weighted by atomic mass is 79.9. The summed E-state index contributed by atoms with van der Waals surface area (Å²) in [5.41, 5.74) is 0.804. The molecule has 5 heteroatoms. The molecule has 0 radical (unpaired) electrons. The molecule has 1 aromatic carbocycles. The second-order valence-electron chi connectivity index (χ2n) is 4.62. The van der Waals surface area contributed by atoms with E-state index in [9.17, 15) is 4.79 Å². The minimum atomic E-state index is -0.0108. The summed E-state index contributed by atoms with van der Waals surface area (Å²) in [6.45, 7) is 2.77. The lowest BCUT2D eigenvalue weighted by Crippen LogP contribution is -2.36. The molecule has 0 aliphatic heterocycles. The molecule has 1 saturated carbocycles. The molecule has 0 heterocycles. The van der Waals surface area contributed by atoms with Crippen LogP contribution in [0.2, 0.25) is 0 Å². The lowest BCUT2D eigenvalue weighted by Gasteiger charge is -2.20. The van der Waals surface area contributed by atoms with Crippen molar-refractivity contribution in [3.63, 3.8) is 0 Å². The highest BCUT2D eigenvalue weighted by molar-refractivity contribution is 9.10. The predicted molar refractivity (Wildman–Crippen MR) is 76.0 cm³/mol. The second-order valence-corrected chi connectivity index (χ2v) is 5.48. The van der Waals surface area contributed by atoms with E-state index in [4.69, 9.17) is 9.84 Å². The van der Waals surface area contributed by atoms with Crippen molar-refractivity contribution in [2.45, 2.75) is 32.4 Å². The normalized spacial score (nSPS) is 14.3. The fourth-order valence-corrected chi connectivity index (χ4v) is 2.55. The Kier molecular flexibility index (Phi) is 4.82. The van der Waals surface area contributed by atoms with Gasteiger partial charge in [-0.3, -0.25) is 4.79 Å². The first kappa shape index (κ1) is 14.3. The van der Waals surface area contributed by atoms with Gasteiger partial charge in [-0.2, -0.15) is 0 Å². The quantitative estimate of drug-likeness (QED) is 0.872. The Bertz CT molecular complexity index is 460. The van der Waals surface area contributed by atoms with E-state index in [0.717, 1.165) is 29.4 Å². The molecular formula is C14H18BrNO3. The molecule has 1 aliphatic carbocycles. The fraction of sp³-hybridized carbons (Fsp3) is 0.500. The van der Waals surface area contributed by atoms with Crippen molar-refractivity contribution in [1.29, 1.82) is 0 Å². The number of likely N-dealkylation sites (N-methyl/N-ethyl adjacent to an activating group) is 1. The Labute approximate surface area is 121 Å². The number of halogens is 1. The number of benzene rings is 1. The van der Waals surface area contributed by atoms with Gasteiger partial charge in [0.25, 0.3) is 5.91 Å². The number of ether oxygens (including phenoxy) is 1. The van der Waals surface area contributed by atoms with E-state index in [2.05, 4.69) is 15.9 Å². The van der Waals surface area contributed by atoms with Gasteiger partial charge in [0.15, 0.2) is 6.61 Å². The van der Waals surface area contributed by atoms with Crippen LogP contribution in [0, 0.1) is 0 Å². The molecule has 0 spiro atoms. The van der Waals surface area contributed by atoms with Crippen LogP contribution in [-0.2, 0) is 11.4 Å². The molecule has 1 fully saturated rings. The Morgan fingerprint density at radius 2 is 2.26 bits per heavy atom. The first-order valence-corrected chi connectivity index (χ1v) is 7.26. The van der Waals surface area contributed by atoms with Crippen LogP contribution in [0.4, 0.5) is 0 Å². The third kappa shape index (κ3) is 3.70. The molecule has 1 N–H and O–H groups in total. The van der Waals surface area contributed by atoms with E-state index in [1.165, 1.54) is 0 Å². The van der Waals surface area contributed by atoms with E-state index in [0.29, 0.717) is 11.8 Å². The minimum absolute atomic E-state index is 0.0108. The maximum absolute atomic E-state index is 12.0. The van der Waals surface area contributed by atoms with Gasteiger partial charge in [-0.05, 0) is 53.4 Å². The summed E-state index contributed by atoms with van der Waals surface area (Å²) >= 11 is 3.37. The van der Waals surface area contributed by atoms with Crippen molar-refractivity contribution in [3.8, 4) is 5.75 Å². The molecule has 19 heavy (non-hydrogen) atoms. The summed E-state index contributed by atoms with van der Waals surface area (Å²) in [7, 11) is 0. The van der Waals surface area contributed by atoms with Crippen LogP contribution in [0.25, 0.3) is 0 Å². The van der Waals surface area contributed by atoms with Crippen molar-refractivity contribution in [1.82, 2.24) is 4.90 Å². The van der Waals surface area contributed by atoms with Crippen molar-refractivity contribution in [3.05, 3.63) is 28.2 Å². The summed E-state index contributed by atoms with van der Waals surface area (Å²) in [4.78, 5) is 13.9. The monoisotopic (exact) mass is 327 g/mol. The lowest BCUT2D eigenvalue weighted by molar-refractivity contribution is -0.133. The highest BCUT2D eigenvalue weighted by Crippen LogP contribution is 2.28. The summed E-state index contributed by atoms with van der Waals surface area (Å²) < 4.78 is 6.29. The molecule has 1 amide bonds. The van der Waals surface area contributed by atoms with Gasteiger partial charge in [0, 0.05) is 12.6 Å². The molecule has 1 aromatic rings. The number of hydrogen-bond donors (Lipinski definition) is 1. The van der Waals surface area contributed by atoms with E-state index in [1.807, 2.05) is 11.8 Å². The summed E-state index contributed by atoms with van der Waals surface area (Å²) in [5.74, 6) is 0.653. The average Bonchev–Trinajstić information content (AvgIpc) is 3.22. The topological polar surface area (TPSA) is 49.8 Å². The molecule has 0 unspecified atom stereocenters. The summed E-state index contributed by atoms with van der Waals surface area (Å²) in [6, 6.07) is 5.75. The zero-order chi connectivity index (χ0) is 13.8. The maximum atomic E-state index is 12.0. The number of aliphatic hydroxyl groups is 1. The Morgan fingerprint density at radius 1 is 1.53 bits per heavy atom. The number of carbonyl (C=O) groups is 1. The molecule has 0 atom stereocenters. The Morgan fingerprint density at radius 3 is 2.79 bits per heavy atom. The number of hydrogen-bond acceptors (Lipinski definition) is 3. The Hall–Kier alpha value is -1.07. The van der Waals surface area contributed by atoms with E-state index >= 15 is 0 Å². The van der Waals surface area contributed by atoms with Gasteiger partial charge in [0.1, 0.15) is 5.75 Å². The van der Waals surface area contributed by atoms with Gasteiger partial charge in [-0.25, -0.2) is 0 Å². The van der Waals surface area contributed by atoms with Crippen LogP contribution >= 0.6 is 15.9 Å². The van der Waals surface area contributed by atoms with Gasteiger partial charge >= 0.3 is 0 Å². The van der Waals surface area contributed by atoms with Gasteiger partial charge in [-0.15, -0.1) is 0 Å². The molecule has 4 nitrogen and oxygen atoms in total. The minimum Gasteiger partial charge on any atom is -0.483 e. The van der Waals surface area contributed by atoms with Crippen LogP contribution in [0.3, 0.4) is 0 Å². The van der Waals surface area contributed by atoms with Gasteiger partial charge < -0.3 is 14.7 Å². The zero-order valence-electron chi connectivity index (χ0n) is 10.9. The van der Waals surface area contributed by atoms with Gasteiger partial charge in [0.2, 0.25) is 0 Å². The van der Waals surface area contributed by atoms with E-state index in [-0.39, 0.29) is 19.1 Å². The SMILES string of the molecule is CCN(C(=O)COc1ccc(CO)cc1Br)C1CC1. The number of nitrogens with zero attached hydrogens (tertiary/aromatic N) is 1. The van der Waals surface area contributed by atoms with Crippen molar-refractivity contribution >= 4 is 21.8 Å².